The number of alkyl carbamates (subject to hydrolysis) is 1. The van der Waals surface area contributed by atoms with Gasteiger partial charge in [-0.2, -0.15) is 0 Å². The van der Waals surface area contributed by atoms with Gasteiger partial charge >= 0.3 is 6.09 Å². The Balaban J connectivity index is 1.22. The lowest BCUT2D eigenvalue weighted by atomic mass is 9.76. The second-order valence-corrected chi connectivity index (χ2v) is 11.2. The van der Waals surface area contributed by atoms with E-state index in [1.807, 2.05) is 0 Å². The quantitative estimate of drug-likeness (QED) is 0.623. The van der Waals surface area contributed by atoms with Crippen molar-refractivity contribution in [3.63, 3.8) is 0 Å². The molecule has 4 heteroatoms. The molecule has 1 spiro atoms. The number of nitrogens with zero attached hydrogens (tertiary/aromatic N) is 1. The monoisotopic (exact) mass is 444 g/mol. The van der Waals surface area contributed by atoms with Gasteiger partial charge in [0.15, 0.2) is 0 Å². The summed E-state index contributed by atoms with van der Waals surface area (Å²) in [5.74, 6) is 1.06. The summed E-state index contributed by atoms with van der Waals surface area (Å²) in [6, 6.07) is 15.8. The molecule has 2 aromatic rings. The molecule has 2 aliphatic carbocycles. The third kappa shape index (κ3) is 3.97. The minimum Gasteiger partial charge on any atom is -0.445 e. The molecule has 4 nitrogen and oxygen atoms in total. The summed E-state index contributed by atoms with van der Waals surface area (Å²) in [5.41, 5.74) is 6.84. The number of aryl methyl sites for hydroxylation is 1. The molecule has 2 bridgehead atoms. The SMILES string of the molecule is CC(C)c1cccc(-c2ccc3c(c2)CCC2(CC2)C3NC(=O)O[C@@H]2CN3CCC2CC3)c1. The van der Waals surface area contributed by atoms with Gasteiger partial charge in [-0.15, -0.1) is 0 Å². The lowest BCUT2D eigenvalue weighted by Gasteiger charge is -2.44. The van der Waals surface area contributed by atoms with E-state index in [0.717, 1.165) is 45.3 Å². The molecule has 3 saturated heterocycles. The minimum absolute atomic E-state index is 0.0568. The van der Waals surface area contributed by atoms with Crippen LogP contribution in [0.2, 0.25) is 0 Å². The van der Waals surface area contributed by atoms with Crippen LogP contribution in [0.15, 0.2) is 42.5 Å². The molecule has 0 aromatic heterocycles. The summed E-state index contributed by atoms with van der Waals surface area (Å²) < 4.78 is 6.00. The van der Waals surface area contributed by atoms with Gasteiger partial charge in [0.05, 0.1) is 6.04 Å². The molecule has 33 heavy (non-hydrogen) atoms. The van der Waals surface area contributed by atoms with E-state index >= 15 is 0 Å². The van der Waals surface area contributed by atoms with E-state index in [0.29, 0.717) is 11.8 Å². The molecule has 1 saturated carbocycles. The Labute approximate surface area is 197 Å². The standard InChI is InChI=1S/C29H36N2O2/c1-19(2)21-4-3-5-22(16-21)23-6-7-25-24(17-23)8-11-29(12-13-29)27(25)30-28(32)33-26-18-31-14-9-20(26)10-15-31/h3-7,16-17,19-20,26-27H,8-15,18H2,1-2H3,(H,30,32)/t26-,27?/m1/s1. The maximum atomic E-state index is 13.0. The maximum Gasteiger partial charge on any atom is 0.407 e. The van der Waals surface area contributed by atoms with Crippen LogP contribution in [0.1, 0.15) is 74.6 Å². The molecule has 2 atom stereocenters. The molecule has 1 amide bonds. The van der Waals surface area contributed by atoms with E-state index in [-0.39, 0.29) is 23.7 Å². The summed E-state index contributed by atoms with van der Waals surface area (Å²) in [7, 11) is 0. The predicted octanol–water partition coefficient (Wildman–Crippen LogP) is 6.06. The molecule has 0 radical (unpaired) electrons. The van der Waals surface area contributed by atoms with Crippen molar-refractivity contribution in [3.05, 3.63) is 59.2 Å². The fraction of sp³-hybridized carbons (Fsp3) is 0.552. The first-order valence-electron chi connectivity index (χ1n) is 12.9. The van der Waals surface area contributed by atoms with Gasteiger partial charge in [0.2, 0.25) is 0 Å². The van der Waals surface area contributed by atoms with E-state index < -0.39 is 0 Å². The molecule has 3 heterocycles. The summed E-state index contributed by atoms with van der Waals surface area (Å²) in [6.45, 7) is 7.71. The maximum absolute atomic E-state index is 13.0. The topological polar surface area (TPSA) is 41.6 Å². The average molecular weight is 445 g/mol. The zero-order chi connectivity index (χ0) is 22.6. The number of fused-ring (bicyclic) bond motifs is 4. The lowest BCUT2D eigenvalue weighted by molar-refractivity contribution is -0.0347. The molecule has 1 N–H and O–H groups in total. The third-order valence-electron chi connectivity index (χ3n) is 8.85. The minimum atomic E-state index is -0.216. The first kappa shape index (κ1) is 21.2. The van der Waals surface area contributed by atoms with E-state index in [4.69, 9.17) is 4.74 Å². The Kier molecular flexibility index (Phi) is 5.25. The number of ether oxygens (including phenoxy) is 1. The van der Waals surface area contributed by atoms with E-state index in [9.17, 15) is 4.79 Å². The number of amides is 1. The van der Waals surface area contributed by atoms with Crippen LogP contribution in [0.3, 0.4) is 0 Å². The molecule has 7 rings (SSSR count). The highest BCUT2D eigenvalue weighted by molar-refractivity contribution is 5.70. The van der Waals surface area contributed by atoms with Gasteiger partial charge in [0.25, 0.3) is 0 Å². The molecular weight excluding hydrogens is 408 g/mol. The summed E-state index contributed by atoms with van der Waals surface area (Å²) >= 11 is 0. The molecule has 4 fully saturated rings. The number of benzene rings is 2. The van der Waals surface area contributed by atoms with Crippen LogP contribution in [0.25, 0.3) is 11.1 Å². The van der Waals surface area contributed by atoms with Crippen molar-refractivity contribution in [2.45, 2.75) is 70.4 Å². The molecule has 1 unspecified atom stereocenters. The number of hydrogen-bond acceptors (Lipinski definition) is 3. The van der Waals surface area contributed by atoms with E-state index in [1.54, 1.807) is 0 Å². The first-order valence-corrected chi connectivity index (χ1v) is 12.9. The number of hydrogen-bond donors (Lipinski definition) is 1. The second-order valence-electron chi connectivity index (χ2n) is 11.2. The summed E-state index contributed by atoms with van der Waals surface area (Å²) in [5, 5.41) is 3.34. The molecule has 5 aliphatic rings. The number of carbonyl (C=O) groups is 1. The first-order chi connectivity index (χ1) is 16.0. The predicted molar refractivity (Wildman–Crippen MR) is 131 cm³/mol. The largest absolute Gasteiger partial charge is 0.445 e. The average Bonchev–Trinajstić information content (AvgIpc) is 3.62. The van der Waals surface area contributed by atoms with Crippen LogP contribution >= 0.6 is 0 Å². The summed E-state index contributed by atoms with van der Waals surface area (Å²) in [6.07, 6.45) is 6.82. The number of piperidine rings is 3. The van der Waals surface area contributed by atoms with Crippen molar-refractivity contribution in [1.29, 1.82) is 0 Å². The zero-order valence-corrected chi connectivity index (χ0v) is 20.0. The van der Waals surface area contributed by atoms with Gasteiger partial charge in [-0.1, -0.05) is 56.3 Å². The Morgan fingerprint density at radius 2 is 1.85 bits per heavy atom. The van der Waals surface area contributed by atoms with Crippen molar-refractivity contribution in [3.8, 4) is 11.1 Å². The third-order valence-corrected chi connectivity index (χ3v) is 8.85. The van der Waals surface area contributed by atoms with Gasteiger partial charge in [-0.3, -0.25) is 4.90 Å². The Bertz CT molecular complexity index is 1050. The highest BCUT2D eigenvalue weighted by Crippen LogP contribution is 2.61. The van der Waals surface area contributed by atoms with Gasteiger partial charge in [0, 0.05) is 6.54 Å². The van der Waals surface area contributed by atoms with Crippen LogP contribution in [0.4, 0.5) is 4.79 Å². The van der Waals surface area contributed by atoms with Crippen molar-refractivity contribution < 1.29 is 9.53 Å². The zero-order valence-electron chi connectivity index (χ0n) is 20.0. The lowest BCUT2D eigenvalue weighted by Crippen LogP contribution is -2.53. The van der Waals surface area contributed by atoms with Crippen LogP contribution in [0, 0.1) is 11.3 Å². The van der Waals surface area contributed by atoms with Crippen LogP contribution in [-0.2, 0) is 11.2 Å². The van der Waals surface area contributed by atoms with E-state index in [1.165, 1.54) is 40.7 Å². The molecular formula is C29H36N2O2. The fourth-order valence-corrected chi connectivity index (χ4v) is 6.48. The molecule has 174 valence electrons. The highest BCUT2D eigenvalue weighted by Gasteiger charge is 2.53. The van der Waals surface area contributed by atoms with Crippen molar-refractivity contribution in [1.82, 2.24) is 10.2 Å². The smallest absolute Gasteiger partial charge is 0.407 e. The van der Waals surface area contributed by atoms with Crippen LogP contribution in [-0.4, -0.2) is 36.7 Å². The Hall–Kier alpha value is -2.33. The number of carbonyl (C=O) groups excluding carboxylic acids is 1. The van der Waals surface area contributed by atoms with Crippen LogP contribution in [0.5, 0.6) is 0 Å². The summed E-state index contributed by atoms with van der Waals surface area (Å²) in [4.78, 5) is 15.5. The van der Waals surface area contributed by atoms with Gasteiger partial charge in [-0.05, 0) is 96.7 Å². The number of rotatable bonds is 4. The van der Waals surface area contributed by atoms with Crippen molar-refractivity contribution >= 4 is 6.09 Å². The van der Waals surface area contributed by atoms with Gasteiger partial charge in [0.1, 0.15) is 6.10 Å². The van der Waals surface area contributed by atoms with Crippen molar-refractivity contribution in [2.75, 3.05) is 19.6 Å². The Morgan fingerprint density at radius 1 is 1.06 bits per heavy atom. The highest BCUT2D eigenvalue weighted by atomic mass is 16.6. The fourth-order valence-electron chi connectivity index (χ4n) is 6.48. The second kappa shape index (κ2) is 8.16. The molecule has 2 aromatic carbocycles. The van der Waals surface area contributed by atoms with Gasteiger partial charge < -0.3 is 10.1 Å². The van der Waals surface area contributed by atoms with Gasteiger partial charge in [-0.25, -0.2) is 4.79 Å². The van der Waals surface area contributed by atoms with Crippen molar-refractivity contribution in [2.24, 2.45) is 11.3 Å². The normalized spacial score (nSPS) is 29.1. The van der Waals surface area contributed by atoms with Crippen LogP contribution < -0.4 is 5.32 Å². The Morgan fingerprint density at radius 3 is 2.55 bits per heavy atom. The molecule has 3 aliphatic heterocycles. The number of nitrogens with one attached hydrogen (secondary N) is 1. The van der Waals surface area contributed by atoms with E-state index in [2.05, 4.69) is 66.5 Å².